The topological polar surface area (TPSA) is 60.2 Å². The monoisotopic (exact) mass is 231 g/mol. The molecule has 1 aromatic carbocycles. The van der Waals surface area contributed by atoms with E-state index in [-0.39, 0.29) is 5.78 Å². The number of aldehydes is 1. The maximum Gasteiger partial charge on any atom is 0.195 e. The second-order valence-electron chi connectivity index (χ2n) is 3.27. The van der Waals surface area contributed by atoms with Crippen LogP contribution in [0.5, 0.6) is 0 Å². The predicted octanol–water partition coefficient (Wildman–Crippen LogP) is 2.37. The molecule has 2 N–H and O–H groups in total. The molecule has 2 aromatic rings. The first-order valence-electron chi connectivity index (χ1n) is 4.65. The van der Waals surface area contributed by atoms with Crippen LogP contribution in [0.25, 0.3) is 0 Å². The van der Waals surface area contributed by atoms with Crippen molar-refractivity contribution in [1.82, 2.24) is 0 Å². The molecule has 1 heterocycles. The zero-order valence-corrected chi connectivity index (χ0v) is 9.16. The van der Waals surface area contributed by atoms with E-state index in [2.05, 4.69) is 0 Å². The Labute approximate surface area is 96.5 Å². The summed E-state index contributed by atoms with van der Waals surface area (Å²) in [6.45, 7) is 0. The molecule has 0 amide bonds. The van der Waals surface area contributed by atoms with Crippen LogP contribution in [0.2, 0.25) is 0 Å². The van der Waals surface area contributed by atoms with Gasteiger partial charge in [-0.15, -0.1) is 11.3 Å². The second kappa shape index (κ2) is 4.28. The number of rotatable bonds is 3. The van der Waals surface area contributed by atoms with Crippen molar-refractivity contribution in [2.75, 3.05) is 5.73 Å². The normalized spacial score (nSPS) is 10.0. The highest BCUT2D eigenvalue weighted by Crippen LogP contribution is 2.22. The predicted molar refractivity (Wildman–Crippen MR) is 64.0 cm³/mol. The number of nitrogen functional groups attached to an aromatic ring is 1. The lowest BCUT2D eigenvalue weighted by molar-refractivity contribution is 0.103. The van der Waals surface area contributed by atoms with Gasteiger partial charge in [0, 0.05) is 11.1 Å². The summed E-state index contributed by atoms with van der Waals surface area (Å²) in [4.78, 5) is 22.4. The fourth-order valence-corrected chi connectivity index (χ4v) is 2.02. The molecule has 0 spiro atoms. The van der Waals surface area contributed by atoms with Crippen LogP contribution in [-0.4, -0.2) is 12.1 Å². The van der Waals surface area contributed by atoms with E-state index in [1.165, 1.54) is 11.3 Å². The Morgan fingerprint density at radius 3 is 2.38 bits per heavy atom. The first-order chi connectivity index (χ1) is 7.72. The largest absolute Gasteiger partial charge is 0.390 e. The Morgan fingerprint density at radius 1 is 1.19 bits per heavy atom. The smallest absolute Gasteiger partial charge is 0.195 e. The number of carbonyl (C=O) groups is 2. The Morgan fingerprint density at radius 2 is 1.88 bits per heavy atom. The SMILES string of the molecule is Nc1sccc1C(=O)c1ccc(C=O)cc1. The fourth-order valence-electron chi connectivity index (χ4n) is 1.38. The van der Waals surface area contributed by atoms with Gasteiger partial charge >= 0.3 is 0 Å². The minimum absolute atomic E-state index is 0.115. The molecule has 0 radical (unpaired) electrons. The minimum Gasteiger partial charge on any atom is -0.390 e. The molecule has 4 heteroatoms. The van der Waals surface area contributed by atoms with Gasteiger partial charge in [0.2, 0.25) is 0 Å². The van der Waals surface area contributed by atoms with Crippen molar-refractivity contribution in [2.45, 2.75) is 0 Å². The molecule has 0 fully saturated rings. The van der Waals surface area contributed by atoms with Gasteiger partial charge in [0.25, 0.3) is 0 Å². The van der Waals surface area contributed by atoms with Gasteiger partial charge in [0.15, 0.2) is 5.78 Å². The van der Waals surface area contributed by atoms with Crippen molar-refractivity contribution in [1.29, 1.82) is 0 Å². The molecule has 80 valence electrons. The lowest BCUT2D eigenvalue weighted by Gasteiger charge is -2.00. The number of hydrogen-bond donors (Lipinski definition) is 1. The third-order valence-electron chi connectivity index (χ3n) is 2.25. The number of anilines is 1. The fraction of sp³-hybridized carbons (Fsp3) is 0. The highest BCUT2D eigenvalue weighted by molar-refractivity contribution is 7.14. The second-order valence-corrected chi connectivity index (χ2v) is 4.22. The van der Waals surface area contributed by atoms with Gasteiger partial charge in [-0.3, -0.25) is 9.59 Å². The number of hydrogen-bond acceptors (Lipinski definition) is 4. The Hall–Kier alpha value is -1.94. The van der Waals surface area contributed by atoms with E-state index in [1.807, 2.05) is 0 Å². The van der Waals surface area contributed by atoms with Crippen LogP contribution in [0.4, 0.5) is 5.00 Å². The van der Waals surface area contributed by atoms with Crippen LogP contribution in [0, 0.1) is 0 Å². The van der Waals surface area contributed by atoms with Crippen molar-refractivity contribution in [3.63, 3.8) is 0 Å². The van der Waals surface area contributed by atoms with Crippen LogP contribution >= 0.6 is 11.3 Å². The summed E-state index contributed by atoms with van der Waals surface area (Å²) in [5.74, 6) is -0.115. The van der Waals surface area contributed by atoms with Gasteiger partial charge in [-0.25, -0.2) is 0 Å². The van der Waals surface area contributed by atoms with Crippen LogP contribution in [0.1, 0.15) is 26.3 Å². The number of carbonyl (C=O) groups excluding carboxylic acids is 2. The molecule has 0 bridgehead atoms. The highest BCUT2D eigenvalue weighted by atomic mass is 32.1. The molecule has 0 aliphatic rings. The summed E-state index contributed by atoms with van der Waals surface area (Å²) in [6.07, 6.45) is 0.743. The van der Waals surface area contributed by atoms with E-state index in [9.17, 15) is 9.59 Å². The minimum atomic E-state index is -0.115. The van der Waals surface area contributed by atoms with Gasteiger partial charge in [-0.1, -0.05) is 24.3 Å². The lowest BCUT2D eigenvalue weighted by atomic mass is 10.0. The summed E-state index contributed by atoms with van der Waals surface area (Å²) in [5.41, 5.74) is 7.28. The average molecular weight is 231 g/mol. The molecule has 16 heavy (non-hydrogen) atoms. The number of ketones is 1. The summed E-state index contributed by atoms with van der Waals surface area (Å²) in [5, 5.41) is 2.30. The van der Waals surface area contributed by atoms with E-state index >= 15 is 0 Å². The Kier molecular flexibility index (Phi) is 2.83. The quantitative estimate of drug-likeness (QED) is 0.651. The van der Waals surface area contributed by atoms with Gasteiger partial charge < -0.3 is 5.73 Å². The first kappa shape index (κ1) is 10.6. The summed E-state index contributed by atoms with van der Waals surface area (Å²) in [6, 6.07) is 8.19. The molecule has 0 saturated carbocycles. The van der Waals surface area contributed by atoms with Gasteiger partial charge in [-0.2, -0.15) is 0 Å². The van der Waals surface area contributed by atoms with Crippen molar-refractivity contribution < 1.29 is 9.59 Å². The summed E-state index contributed by atoms with van der Waals surface area (Å²) in [7, 11) is 0. The molecule has 2 rings (SSSR count). The van der Waals surface area contributed by atoms with E-state index < -0.39 is 0 Å². The van der Waals surface area contributed by atoms with Crippen LogP contribution < -0.4 is 5.73 Å². The molecule has 0 aliphatic heterocycles. The zero-order valence-electron chi connectivity index (χ0n) is 8.34. The molecule has 0 saturated heterocycles. The van der Waals surface area contributed by atoms with Crippen molar-refractivity contribution in [3.8, 4) is 0 Å². The third kappa shape index (κ3) is 1.87. The third-order valence-corrected chi connectivity index (χ3v) is 2.99. The molecule has 1 aromatic heterocycles. The molecule has 0 unspecified atom stereocenters. The Balaban J connectivity index is 2.34. The molecule has 3 nitrogen and oxygen atoms in total. The Bertz CT molecular complexity index is 528. The highest BCUT2D eigenvalue weighted by Gasteiger charge is 2.12. The van der Waals surface area contributed by atoms with E-state index in [0.717, 1.165) is 6.29 Å². The van der Waals surface area contributed by atoms with Crippen molar-refractivity contribution in [3.05, 3.63) is 52.4 Å². The van der Waals surface area contributed by atoms with Crippen LogP contribution in [0.15, 0.2) is 35.7 Å². The summed E-state index contributed by atoms with van der Waals surface area (Å²) >= 11 is 1.34. The molecule has 0 aliphatic carbocycles. The molecular weight excluding hydrogens is 222 g/mol. The standard InChI is InChI=1S/C12H9NO2S/c13-12-10(5-6-16-12)11(15)9-3-1-8(7-14)2-4-9/h1-7H,13H2. The number of thiophene rings is 1. The summed E-state index contributed by atoms with van der Waals surface area (Å²) < 4.78 is 0. The van der Waals surface area contributed by atoms with E-state index in [1.54, 1.807) is 35.7 Å². The molecular formula is C12H9NO2S. The van der Waals surface area contributed by atoms with Gasteiger partial charge in [0.05, 0.1) is 10.6 Å². The van der Waals surface area contributed by atoms with Gasteiger partial charge in [-0.05, 0) is 11.4 Å². The van der Waals surface area contributed by atoms with E-state index in [4.69, 9.17) is 5.73 Å². The first-order valence-corrected chi connectivity index (χ1v) is 5.53. The van der Waals surface area contributed by atoms with E-state index in [0.29, 0.717) is 21.7 Å². The molecule has 0 atom stereocenters. The van der Waals surface area contributed by atoms with Crippen molar-refractivity contribution in [2.24, 2.45) is 0 Å². The number of benzene rings is 1. The van der Waals surface area contributed by atoms with Crippen LogP contribution in [0.3, 0.4) is 0 Å². The van der Waals surface area contributed by atoms with Crippen molar-refractivity contribution >= 4 is 28.4 Å². The van der Waals surface area contributed by atoms with Gasteiger partial charge in [0.1, 0.15) is 6.29 Å². The lowest BCUT2D eigenvalue weighted by Crippen LogP contribution is -2.02. The average Bonchev–Trinajstić information content (AvgIpc) is 2.75. The number of nitrogens with two attached hydrogens (primary N) is 1. The van der Waals surface area contributed by atoms with Crippen LogP contribution in [-0.2, 0) is 0 Å². The maximum atomic E-state index is 12.0. The zero-order chi connectivity index (χ0) is 11.5. The maximum absolute atomic E-state index is 12.0.